The second kappa shape index (κ2) is 5.50. The van der Waals surface area contributed by atoms with Crippen LogP contribution in [-0.2, 0) is 4.74 Å². The van der Waals surface area contributed by atoms with Crippen molar-refractivity contribution in [1.29, 1.82) is 0 Å². The van der Waals surface area contributed by atoms with E-state index in [-0.39, 0.29) is 12.1 Å². The monoisotopic (exact) mass is 227 g/mol. The summed E-state index contributed by atoms with van der Waals surface area (Å²) < 4.78 is 5.56. The summed E-state index contributed by atoms with van der Waals surface area (Å²) in [6.07, 6.45) is 3.62. The molecule has 1 unspecified atom stereocenters. The van der Waals surface area contributed by atoms with Crippen LogP contribution in [0.25, 0.3) is 0 Å². The van der Waals surface area contributed by atoms with E-state index in [0.29, 0.717) is 12.6 Å². The minimum atomic E-state index is 0.0267. The topological polar surface area (TPSA) is 53.6 Å². The van der Waals surface area contributed by atoms with Gasteiger partial charge in [-0.1, -0.05) is 0 Å². The molecular formula is C11H21N3O2. The summed E-state index contributed by atoms with van der Waals surface area (Å²) in [6, 6.07) is 0.430. The highest BCUT2D eigenvalue weighted by molar-refractivity contribution is 5.74. The Hall–Kier alpha value is -0.810. The van der Waals surface area contributed by atoms with Crippen molar-refractivity contribution in [2.75, 3.05) is 33.3 Å². The van der Waals surface area contributed by atoms with Gasteiger partial charge in [0.2, 0.25) is 0 Å². The molecule has 2 aliphatic rings. The van der Waals surface area contributed by atoms with Gasteiger partial charge < -0.3 is 20.3 Å². The molecule has 2 N–H and O–H groups in total. The second-order valence-corrected chi connectivity index (χ2v) is 4.65. The summed E-state index contributed by atoms with van der Waals surface area (Å²) in [5.41, 5.74) is 0. The minimum absolute atomic E-state index is 0.0267. The van der Waals surface area contributed by atoms with Gasteiger partial charge in [0, 0.05) is 32.7 Å². The molecule has 1 aliphatic carbocycles. The Kier molecular flexibility index (Phi) is 4.01. The second-order valence-electron chi connectivity index (χ2n) is 4.65. The summed E-state index contributed by atoms with van der Waals surface area (Å²) in [4.78, 5) is 13.5. The molecule has 5 nitrogen and oxygen atoms in total. The molecule has 1 heterocycles. The van der Waals surface area contributed by atoms with E-state index in [2.05, 4.69) is 10.6 Å². The third-order valence-electron chi connectivity index (χ3n) is 3.26. The predicted octanol–water partition coefficient (Wildman–Crippen LogP) is 0.169. The van der Waals surface area contributed by atoms with Gasteiger partial charge >= 0.3 is 6.03 Å². The van der Waals surface area contributed by atoms with Gasteiger partial charge in [0.25, 0.3) is 0 Å². The number of nitrogens with one attached hydrogen (secondary N) is 2. The number of rotatable bonds is 3. The predicted molar refractivity (Wildman–Crippen MR) is 61.4 cm³/mol. The summed E-state index contributed by atoms with van der Waals surface area (Å²) in [6.45, 7) is 3.14. The summed E-state index contributed by atoms with van der Waals surface area (Å²) >= 11 is 0. The third kappa shape index (κ3) is 3.09. The van der Waals surface area contributed by atoms with E-state index in [0.717, 1.165) is 32.5 Å². The molecule has 0 aromatic carbocycles. The van der Waals surface area contributed by atoms with E-state index in [9.17, 15) is 4.79 Å². The molecule has 2 fully saturated rings. The lowest BCUT2D eigenvalue weighted by atomic mass is 9.93. The van der Waals surface area contributed by atoms with E-state index in [4.69, 9.17) is 4.74 Å². The van der Waals surface area contributed by atoms with E-state index in [1.807, 2.05) is 7.05 Å². The van der Waals surface area contributed by atoms with Crippen LogP contribution in [-0.4, -0.2) is 56.4 Å². The van der Waals surface area contributed by atoms with Crippen LogP contribution in [0, 0.1) is 0 Å². The molecule has 1 saturated carbocycles. The molecule has 1 saturated heterocycles. The van der Waals surface area contributed by atoms with Crippen LogP contribution in [0.5, 0.6) is 0 Å². The van der Waals surface area contributed by atoms with Gasteiger partial charge in [0.05, 0.1) is 12.7 Å². The first-order valence-electron chi connectivity index (χ1n) is 6.09. The van der Waals surface area contributed by atoms with Crippen LogP contribution in [0.3, 0.4) is 0 Å². The van der Waals surface area contributed by atoms with Crippen molar-refractivity contribution in [1.82, 2.24) is 15.5 Å². The fraction of sp³-hybridized carbons (Fsp3) is 0.909. The van der Waals surface area contributed by atoms with E-state index < -0.39 is 0 Å². The summed E-state index contributed by atoms with van der Waals surface area (Å²) in [5.74, 6) is 0. The highest BCUT2D eigenvalue weighted by Crippen LogP contribution is 2.18. The van der Waals surface area contributed by atoms with Crippen LogP contribution >= 0.6 is 0 Å². The first kappa shape index (κ1) is 11.7. The lowest BCUT2D eigenvalue weighted by Gasteiger charge is -2.31. The Morgan fingerprint density at radius 1 is 1.56 bits per heavy atom. The van der Waals surface area contributed by atoms with Gasteiger partial charge in [-0.15, -0.1) is 0 Å². The molecule has 0 radical (unpaired) electrons. The molecular weight excluding hydrogens is 206 g/mol. The Labute approximate surface area is 96.5 Å². The molecule has 1 atom stereocenters. The summed E-state index contributed by atoms with van der Waals surface area (Å²) in [7, 11) is 1.83. The van der Waals surface area contributed by atoms with Crippen molar-refractivity contribution < 1.29 is 9.53 Å². The van der Waals surface area contributed by atoms with Crippen molar-refractivity contribution in [2.45, 2.75) is 31.4 Å². The zero-order chi connectivity index (χ0) is 11.4. The van der Waals surface area contributed by atoms with Crippen molar-refractivity contribution in [3.8, 4) is 0 Å². The molecule has 5 heteroatoms. The average Bonchev–Trinajstić information content (AvgIpc) is 2.24. The van der Waals surface area contributed by atoms with Crippen LogP contribution in [0.1, 0.15) is 19.3 Å². The fourth-order valence-electron chi connectivity index (χ4n) is 1.96. The zero-order valence-electron chi connectivity index (χ0n) is 9.87. The first-order chi connectivity index (χ1) is 7.75. The molecule has 16 heavy (non-hydrogen) atoms. The number of carbonyl (C=O) groups excluding carboxylic acids is 1. The number of carbonyl (C=O) groups is 1. The van der Waals surface area contributed by atoms with Crippen LogP contribution < -0.4 is 10.6 Å². The Morgan fingerprint density at radius 2 is 2.38 bits per heavy atom. The third-order valence-corrected chi connectivity index (χ3v) is 3.26. The maximum atomic E-state index is 11.8. The van der Waals surface area contributed by atoms with E-state index >= 15 is 0 Å². The number of amides is 2. The molecule has 1 aliphatic heterocycles. The number of hydrogen-bond acceptors (Lipinski definition) is 3. The minimum Gasteiger partial charge on any atom is -0.374 e. The van der Waals surface area contributed by atoms with E-state index in [1.54, 1.807) is 4.90 Å². The molecule has 0 aromatic rings. The van der Waals surface area contributed by atoms with Crippen molar-refractivity contribution in [3.63, 3.8) is 0 Å². The van der Waals surface area contributed by atoms with Gasteiger partial charge in [-0.25, -0.2) is 4.79 Å². The molecule has 92 valence electrons. The highest BCUT2D eigenvalue weighted by Gasteiger charge is 2.23. The van der Waals surface area contributed by atoms with E-state index in [1.165, 1.54) is 6.42 Å². The number of nitrogens with zero attached hydrogens (tertiary/aromatic N) is 1. The Morgan fingerprint density at radius 3 is 2.94 bits per heavy atom. The largest absolute Gasteiger partial charge is 0.374 e. The molecule has 0 bridgehead atoms. The van der Waals surface area contributed by atoms with Crippen LogP contribution in [0.4, 0.5) is 4.79 Å². The normalized spacial score (nSPS) is 25.9. The molecule has 0 aromatic heterocycles. The van der Waals surface area contributed by atoms with Gasteiger partial charge in [-0.3, -0.25) is 0 Å². The number of urea groups is 1. The summed E-state index contributed by atoms with van der Waals surface area (Å²) in [5, 5.41) is 6.28. The molecule has 0 spiro atoms. The fourth-order valence-corrected chi connectivity index (χ4v) is 1.96. The van der Waals surface area contributed by atoms with Crippen molar-refractivity contribution in [3.05, 3.63) is 0 Å². The SMILES string of the molecule is CN(CC1CNCCO1)C(=O)NC1CCC1. The number of morpholine rings is 1. The van der Waals surface area contributed by atoms with Gasteiger partial charge in [0.15, 0.2) is 0 Å². The van der Waals surface area contributed by atoms with Gasteiger partial charge in [0.1, 0.15) is 0 Å². The maximum absolute atomic E-state index is 11.8. The lowest BCUT2D eigenvalue weighted by Crippen LogP contribution is -2.50. The molecule has 2 amide bonds. The Bertz CT molecular complexity index is 237. The van der Waals surface area contributed by atoms with Crippen LogP contribution in [0.15, 0.2) is 0 Å². The maximum Gasteiger partial charge on any atom is 0.317 e. The quantitative estimate of drug-likeness (QED) is 0.722. The zero-order valence-corrected chi connectivity index (χ0v) is 9.87. The highest BCUT2D eigenvalue weighted by atomic mass is 16.5. The molecule has 2 rings (SSSR count). The Balaban J connectivity index is 1.68. The van der Waals surface area contributed by atoms with Gasteiger partial charge in [-0.2, -0.15) is 0 Å². The number of likely N-dealkylation sites (N-methyl/N-ethyl adjacent to an activating group) is 1. The standard InChI is InChI=1S/C11H21N3O2/c1-14(8-10-7-12-5-6-16-10)11(15)13-9-3-2-4-9/h9-10,12H,2-8H2,1H3,(H,13,15). The van der Waals surface area contributed by atoms with Crippen molar-refractivity contribution in [2.24, 2.45) is 0 Å². The number of hydrogen-bond donors (Lipinski definition) is 2. The smallest absolute Gasteiger partial charge is 0.317 e. The van der Waals surface area contributed by atoms with Crippen molar-refractivity contribution >= 4 is 6.03 Å². The first-order valence-corrected chi connectivity index (χ1v) is 6.09. The lowest BCUT2D eigenvalue weighted by molar-refractivity contribution is 0.0152. The van der Waals surface area contributed by atoms with Gasteiger partial charge in [-0.05, 0) is 19.3 Å². The van der Waals surface area contributed by atoms with Crippen LogP contribution in [0.2, 0.25) is 0 Å². The average molecular weight is 227 g/mol. The number of ether oxygens (including phenoxy) is 1.